The second-order valence-corrected chi connectivity index (χ2v) is 12.7. The first-order valence-electron chi connectivity index (χ1n) is 13.0. The molecular weight excluding hydrogens is 594 g/mol. The van der Waals surface area contributed by atoms with E-state index in [1.54, 1.807) is 6.92 Å². The molecule has 0 saturated carbocycles. The van der Waals surface area contributed by atoms with Crippen LogP contribution in [-0.2, 0) is 31.6 Å². The molecule has 15 heteroatoms. The molecule has 0 radical (unpaired) electrons. The lowest BCUT2D eigenvalue weighted by Gasteiger charge is -2.40. The van der Waals surface area contributed by atoms with Crippen molar-refractivity contribution in [3.63, 3.8) is 0 Å². The monoisotopic (exact) mass is 624 g/mol. The minimum absolute atomic E-state index is 0.0156. The lowest BCUT2D eigenvalue weighted by molar-refractivity contribution is -0.376. The first-order chi connectivity index (χ1) is 19.3. The number of benzene rings is 2. The molecule has 2 heterocycles. The van der Waals surface area contributed by atoms with E-state index in [1.165, 1.54) is 31.2 Å². The van der Waals surface area contributed by atoms with Gasteiger partial charge in [-0.1, -0.05) is 29.8 Å². The fraction of sp³-hybridized carbons (Fsp3) is 0.519. The highest BCUT2D eigenvalue weighted by Crippen LogP contribution is 2.51. The van der Waals surface area contributed by atoms with Crippen LogP contribution in [0.1, 0.15) is 42.9 Å². The van der Waals surface area contributed by atoms with Crippen molar-refractivity contribution >= 4 is 21.6 Å². The number of carbonyl (C=O) groups is 1. The van der Waals surface area contributed by atoms with Crippen LogP contribution in [0.4, 0.5) is 32.0 Å². The molecule has 3 unspecified atom stereocenters. The van der Waals surface area contributed by atoms with Gasteiger partial charge in [0, 0.05) is 25.0 Å². The van der Waals surface area contributed by atoms with Gasteiger partial charge in [0.2, 0.25) is 5.91 Å². The molecular formula is C27H30F6N2O6S. The SMILES string of the molecule is Cc1ccc(S(=O)(=O)N2c3ccc(C(O)(C(F)(F)F)C(F)(F)F)cc3CCC2CC(=O)NC2COCCC2(C)O)cc1. The van der Waals surface area contributed by atoms with E-state index in [1.807, 2.05) is 0 Å². The second kappa shape index (κ2) is 11.0. The molecule has 2 aliphatic rings. The Morgan fingerprint density at radius 3 is 2.29 bits per heavy atom. The number of ether oxygens (including phenoxy) is 1. The molecule has 3 N–H and O–H groups in total. The summed E-state index contributed by atoms with van der Waals surface area (Å²) < 4.78 is 115. The summed E-state index contributed by atoms with van der Waals surface area (Å²) in [6, 6.07) is 5.43. The summed E-state index contributed by atoms with van der Waals surface area (Å²) in [5, 5.41) is 23.1. The number of halogens is 6. The van der Waals surface area contributed by atoms with E-state index >= 15 is 0 Å². The molecule has 0 bridgehead atoms. The van der Waals surface area contributed by atoms with Gasteiger partial charge in [0.15, 0.2) is 0 Å². The zero-order valence-corrected chi connectivity index (χ0v) is 23.4. The van der Waals surface area contributed by atoms with Crippen LogP contribution in [0.15, 0.2) is 47.4 Å². The van der Waals surface area contributed by atoms with Gasteiger partial charge in [-0.05, 0) is 50.5 Å². The summed E-state index contributed by atoms with van der Waals surface area (Å²) in [4.78, 5) is 12.8. The van der Waals surface area contributed by atoms with Crippen molar-refractivity contribution in [1.82, 2.24) is 5.32 Å². The molecule has 1 amide bonds. The quantitative estimate of drug-likeness (QED) is 0.421. The second-order valence-electron chi connectivity index (χ2n) is 10.9. The van der Waals surface area contributed by atoms with Crippen molar-refractivity contribution in [3.8, 4) is 0 Å². The molecule has 0 aliphatic carbocycles. The van der Waals surface area contributed by atoms with Crippen molar-refractivity contribution < 1.29 is 54.5 Å². The smallest absolute Gasteiger partial charge is 0.388 e. The zero-order valence-electron chi connectivity index (χ0n) is 22.6. The van der Waals surface area contributed by atoms with Gasteiger partial charge in [-0.3, -0.25) is 9.10 Å². The van der Waals surface area contributed by atoms with Gasteiger partial charge in [0.1, 0.15) is 0 Å². The summed E-state index contributed by atoms with van der Waals surface area (Å²) in [6.45, 7) is 3.53. The number of aryl methyl sites for hydroxylation is 2. The Bertz CT molecular complexity index is 1410. The minimum Gasteiger partial charge on any atom is -0.388 e. The van der Waals surface area contributed by atoms with Crippen molar-refractivity contribution in [2.75, 3.05) is 17.5 Å². The normalized spacial score (nSPS) is 23.8. The number of rotatable bonds is 6. The number of amides is 1. The van der Waals surface area contributed by atoms with Gasteiger partial charge in [-0.25, -0.2) is 8.42 Å². The number of carbonyl (C=O) groups excluding carboxylic acids is 1. The maximum absolute atomic E-state index is 13.9. The maximum Gasteiger partial charge on any atom is 0.430 e. The van der Waals surface area contributed by atoms with Crippen LogP contribution in [0.2, 0.25) is 0 Å². The first kappa shape index (κ1) is 32.0. The summed E-state index contributed by atoms with van der Waals surface area (Å²) in [5.41, 5.74) is -7.66. The Labute approximate surface area is 238 Å². The predicted molar refractivity (Wildman–Crippen MR) is 138 cm³/mol. The van der Waals surface area contributed by atoms with Crippen LogP contribution in [0.5, 0.6) is 0 Å². The molecule has 0 aromatic heterocycles. The van der Waals surface area contributed by atoms with Crippen LogP contribution in [0.3, 0.4) is 0 Å². The van der Waals surface area contributed by atoms with Gasteiger partial charge in [-0.15, -0.1) is 0 Å². The lowest BCUT2D eigenvalue weighted by Crippen LogP contribution is -2.57. The zero-order chi connectivity index (χ0) is 31.3. The third-order valence-corrected chi connectivity index (χ3v) is 9.64. The third kappa shape index (κ3) is 5.83. The van der Waals surface area contributed by atoms with Gasteiger partial charge >= 0.3 is 12.4 Å². The Hall–Kier alpha value is -2.88. The Kier molecular flexibility index (Phi) is 8.39. The van der Waals surface area contributed by atoms with Crippen LogP contribution in [0.25, 0.3) is 0 Å². The molecule has 3 atom stereocenters. The van der Waals surface area contributed by atoms with Crippen molar-refractivity contribution in [2.24, 2.45) is 0 Å². The highest BCUT2D eigenvalue weighted by atomic mass is 32.2. The molecule has 42 heavy (non-hydrogen) atoms. The summed E-state index contributed by atoms with van der Waals surface area (Å²) in [7, 11) is -4.48. The Morgan fingerprint density at radius 2 is 1.71 bits per heavy atom. The molecule has 1 saturated heterocycles. The van der Waals surface area contributed by atoms with E-state index in [9.17, 15) is 49.8 Å². The number of anilines is 1. The number of fused-ring (bicyclic) bond motifs is 1. The highest BCUT2D eigenvalue weighted by molar-refractivity contribution is 7.92. The third-order valence-electron chi connectivity index (χ3n) is 7.76. The maximum atomic E-state index is 13.9. The molecule has 8 nitrogen and oxygen atoms in total. The van der Waals surface area contributed by atoms with Gasteiger partial charge in [0.05, 0.1) is 34.9 Å². The molecule has 0 spiro atoms. The number of aliphatic hydroxyl groups is 2. The molecule has 2 aromatic carbocycles. The van der Waals surface area contributed by atoms with Crippen LogP contribution < -0.4 is 9.62 Å². The van der Waals surface area contributed by atoms with Crippen molar-refractivity contribution in [2.45, 2.75) is 80.1 Å². The summed E-state index contributed by atoms with van der Waals surface area (Å²) in [5.74, 6) is -0.636. The Morgan fingerprint density at radius 1 is 1.10 bits per heavy atom. The minimum atomic E-state index is -6.12. The van der Waals surface area contributed by atoms with Gasteiger partial charge < -0.3 is 20.3 Å². The molecule has 2 aliphatic heterocycles. The van der Waals surface area contributed by atoms with E-state index in [4.69, 9.17) is 4.74 Å². The van der Waals surface area contributed by atoms with E-state index in [-0.39, 0.29) is 48.6 Å². The highest BCUT2D eigenvalue weighted by Gasteiger charge is 2.71. The predicted octanol–water partition coefficient (Wildman–Crippen LogP) is 3.86. The fourth-order valence-electron chi connectivity index (χ4n) is 5.18. The molecule has 1 fully saturated rings. The number of hydrogen-bond acceptors (Lipinski definition) is 6. The van der Waals surface area contributed by atoms with Crippen molar-refractivity contribution in [1.29, 1.82) is 0 Å². The summed E-state index contributed by atoms with van der Waals surface area (Å²) >= 11 is 0. The first-order valence-corrected chi connectivity index (χ1v) is 14.4. The lowest BCUT2D eigenvalue weighted by atomic mass is 9.87. The van der Waals surface area contributed by atoms with Crippen LogP contribution in [-0.4, -0.2) is 67.8 Å². The fourth-order valence-corrected chi connectivity index (χ4v) is 6.90. The van der Waals surface area contributed by atoms with Crippen molar-refractivity contribution in [3.05, 3.63) is 59.2 Å². The topological polar surface area (TPSA) is 116 Å². The summed E-state index contributed by atoms with van der Waals surface area (Å²) in [6.07, 6.45) is -12.7. The Balaban J connectivity index is 1.76. The molecule has 232 valence electrons. The average molecular weight is 625 g/mol. The standard InChI is InChI=1S/C27H30F6N2O6S/c1-16-3-8-20(9-4-16)42(39,40)35-19(14-23(36)34-22-15-41-12-11-24(22,2)37)7-5-17-13-18(6-10-21(17)35)25(38,26(28,29)30)27(31,32)33/h3-4,6,8-10,13,19,22,37-38H,5,7,11-12,14-15H2,1-2H3,(H,34,36). The van der Waals surface area contributed by atoms with E-state index in [2.05, 4.69) is 5.32 Å². The van der Waals surface area contributed by atoms with Gasteiger partial charge in [-0.2, -0.15) is 26.3 Å². The number of nitrogens with one attached hydrogen (secondary N) is 1. The van der Waals surface area contributed by atoms with E-state index in [0.717, 1.165) is 15.9 Å². The number of hydrogen-bond donors (Lipinski definition) is 3. The van der Waals surface area contributed by atoms with Crippen LogP contribution >= 0.6 is 0 Å². The molecule has 2 aromatic rings. The van der Waals surface area contributed by atoms with E-state index < -0.39 is 63.6 Å². The number of sulfonamides is 1. The average Bonchev–Trinajstić information content (AvgIpc) is 2.87. The molecule has 4 rings (SSSR count). The van der Waals surface area contributed by atoms with Crippen LogP contribution in [0, 0.1) is 6.92 Å². The van der Waals surface area contributed by atoms with E-state index in [0.29, 0.717) is 12.1 Å². The largest absolute Gasteiger partial charge is 0.430 e. The van der Waals surface area contributed by atoms with Gasteiger partial charge in [0.25, 0.3) is 15.6 Å². The number of nitrogens with zero attached hydrogens (tertiary/aromatic N) is 1. The number of alkyl halides is 6.